The van der Waals surface area contributed by atoms with Crippen molar-refractivity contribution in [2.75, 3.05) is 0 Å². The molecule has 3 aromatic rings. The molecular formula is C12H9ClN2O. The molecule has 1 aromatic carbocycles. The fourth-order valence-electron chi connectivity index (χ4n) is 1.72. The summed E-state index contributed by atoms with van der Waals surface area (Å²) in [6.45, 7) is 0. The molecule has 0 radical (unpaired) electrons. The van der Waals surface area contributed by atoms with E-state index in [0.29, 0.717) is 11.6 Å². The van der Waals surface area contributed by atoms with Crippen LogP contribution in [-0.4, -0.2) is 10.1 Å². The number of halogens is 1. The Hall–Kier alpha value is -1.74. The van der Waals surface area contributed by atoms with Gasteiger partial charge in [-0.25, -0.2) is 0 Å². The van der Waals surface area contributed by atoms with Crippen molar-refractivity contribution in [1.82, 2.24) is 10.1 Å². The van der Waals surface area contributed by atoms with Gasteiger partial charge in [0.1, 0.15) is 5.69 Å². The van der Waals surface area contributed by atoms with Crippen molar-refractivity contribution < 1.29 is 4.52 Å². The Kier molecular flexibility index (Phi) is 2.18. The van der Waals surface area contributed by atoms with Gasteiger partial charge in [0.15, 0.2) is 5.76 Å². The van der Waals surface area contributed by atoms with Gasteiger partial charge in [0, 0.05) is 28.7 Å². The average molecular weight is 233 g/mol. The summed E-state index contributed by atoms with van der Waals surface area (Å²) in [5.74, 6) is 1.03. The van der Waals surface area contributed by atoms with Gasteiger partial charge in [-0.2, -0.15) is 0 Å². The first-order valence-electron chi connectivity index (χ1n) is 4.96. The summed E-state index contributed by atoms with van der Waals surface area (Å²) in [4.78, 5) is 3.15. The zero-order valence-electron chi connectivity index (χ0n) is 8.40. The van der Waals surface area contributed by atoms with E-state index in [9.17, 15) is 0 Å². The summed E-state index contributed by atoms with van der Waals surface area (Å²) in [7, 11) is 0. The van der Waals surface area contributed by atoms with Gasteiger partial charge in [-0.1, -0.05) is 11.2 Å². The molecule has 3 nitrogen and oxygen atoms in total. The van der Waals surface area contributed by atoms with E-state index in [0.717, 1.165) is 22.2 Å². The molecule has 0 aliphatic heterocycles. The lowest BCUT2D eigenvalue weighted by Gasteiger charge is -1.95. The quantitative estimate of drug-likeness (QED) is 0.687. The van der Waals surface area contributed by atoms with E-state index in [-0.39, 0.29) is 0 Å². The molecule has 3 rings (SSSR count). The third-order valence-corrected chi connectivity index (χ3v) is 2.80. The van der Waals surface area contributed by atoms with Gasteiger partial charge < -0.3 is 9.51 Å². The molecule has 0 saturated heterocycles. The molecule has 0 fully saturated rings. The van der Waals surface area contributed by atoms with Crippen LogP contribution < -0.4 is 0 Å². The van der Waals surface area contributed by atoms with Crippen LogP contribution in [0.15, 0.2) is 41.1 Å². The normalized spacial score (nSPS) is 11.1. The maximum atomic E-state index is 5.67. The molecule has 0 amide bonds. The van der Waals surface area contributed by atoms with E-state index in [1.807, 2.05) is 30.5 Å². The first-order chi connectivity index (χ1) is 7.86. The highest BCUT2D eigenvalue weighted by atomic mass is 35.5. The third kappa shape index (κ3) is 1.49. The summed E-state index contributed by atoms with van der Waals surface area (Å²) in [5, 5.41) is 5.14. The van der Waals surface area contributed by atoms with Gasteiger partial charge in [0.25, 0.3) is 0 Å². The minimum atomic E-state index is 0.347. The van der Waals surface area contributed by atoms with E-state index >= 15 is 0 Å². The second-order valence-corrected chi connectivity index (χ2v) is 3.86. The van der Waals surface area contributed by atoms with Gasteiger partial charge >= 0.3 is 0 Å². The van der Waals surface area contributed by atoms with E-state index in [2.05, 4.69) is 16.2 Å². The zero-order chi connectivity index (χ0) is 11.0. The molecule has 2 heterocycles. The average Bonchev–Trinajstić information content (AvgIpc) is 2.96. The molecule has 0 spiro atoms. The highest BCUT2D eigenvalue weighted by molar-refractivity contribution is 6.16. The van der Waals surface area contributed by atoms with Crippen LogP contribution in [0.5, 0.6) is 0 Å². The SMILES string of the molecule is ClCc1cc(-c2ccc3[nH]ccc3c2)no1. The molecule has 16 heavy (non-hydrogen) atoms. The number of nitrogens with zero attached hydrogens (tertiary/aromatic N) is 1. The molecule has 0 bridgehead atoms. The van der Waals surface area contributed by atoms with Crippen molar-refractivity contribution in [1.29, 1.82) is 0 Å². The standard InChI is InChI=1S/C12H9ClN2O/c13-7-10-6-12(15-16-10)8-1-2-11-9(5-8)3-4-14-11/h1-6,14H,7H2. The third-order valence-electron chi connectivity index (χ3n) is 2.54. The fraction of sp³-hybridized carbons (Fsp3) is 0.0833. The van der Waals surface area contributed by atoms with Crippen LogP contribution in [0.3, 0.4) is 0 Å². The minimum absolute atomic E-state index is 0.347. The van der Waals surface area contributed by atoms with Crippen molar-refractivity contribution in [3.05, 3.63) is 42.3 Å². The highest BCUT2D eigenvalue weighted by Gasteiger charge is 2.06. The first kappa shape index (κ1) is 9.48. The van der Waals surface area contributed by atoms with Crippen LogP contribution in [0.2, 0.25) is 0 Å². The van der Waals surface area contributed by atoms with Crippen molar-refractivity contribution in [2.24, 2.45) is 0 Å². The number of alkyl halides is 1. The Morgan fingerprint density at radius 1 is 1.25 bits per heavy atom. The van der Waals surface area contributed by atoms with Gasteiger partial charge in [0.05, 0.1) is 5.88 Å². The summed E-state index contributed by atoms with van der Waals surface area (Å²) in [6.07, 6.45) is 1.92. The van der Waals surface area contributed by atoms with Gasteiger partial charge in [-0.05, 0) is 18.2 Å². The Bertz CT molecular complexity index is 627. The lowest BCUT2D eigenvalue weighted by atomic mass is 10.1. The van der Waals surface area contributed by atoms with Crippen molar-refractivity contribution in [3.63, 3.8) is 0 Å². The number of hydrogen-bond acceptors (Lipinski definition) is 2. The number of nitrogens with one attached hydrogen (secondary N) is 1. The predicted molar refractivity (Wildman–Crippen MR) is 63.4 cm³/mol. The van der Waals surface area contributed by atoms with Crippen LogP contribution in [0, 0.1) is 0 Å². The lowest BCUT2D eigenvalue weighted by Crippen LogP contribution is -1.76. The summed E-state index contributed by atoms with van der Waals surface area (Å²) in [6, 6.07) is 10.00. The number of aromatic amines is 1. The van der Waals surface area contributed by atoms with Crippen molar-refractivity contribution >= 4 is 22.5 Å². The molecule has 0 saturated carbocycles. The molecule has 0 atom stereocenters. The van der Waals surface area contributed by atoms with Gasteiger partial charge in [0.2, 0.25) is 0 Å². The Balaban J connectivity index is 2.10. The van der Waals surface area contributed by atoms with Crippen LogP contribution >= 0.6 is 11.6 Å². The summed E-state index contributed by atoms with van der Waals surface area (Å²) >= 11 is 5.67. The Morgan fingerprint density at radius 2 is 2.19 bits per heavy atom. The van der Waals surface area contributed by atoms with Crippen molar-refractivity contribution in [2.45, 2.75) is 5.88 Å². The largest absolute Gasteiger partial charge is 0.361 e. The van der Waals surface area contributed by atoms with Gasteiger partial charge in [-0.15, -0.1) is 11.6 Å². The van der Waals surface area contributed by atoms with Crippen LogP contribution in [-0.2, 0) is 5.88 Å². The highest BCUT2D eigenvalue weighted by Crippen LogP contribution is 2.24. The molecule has 0 aliphatic carbocycles. The second kappa shape index (κ2) is 3.68. The topological polar surface area (TPSA) is 41.8 Å². The van der Waals surface area contributed by atoms with Crippen LogP contribution in [0.4, 0.5) is 0 Å². The molecule has 0 unspecified atom stereocenters. The number of benzene rings is 1. The number of fused-ring (bicyclic) bond motifs is 1. The van der Waals surface area contributed by atoms with Crippen molar-refractivity contribution in [3.8, 4) is 11.3 Å². The van der Waals surface area contributed by atoms with Crippen LogP contribution in [0.1, 0.15) is 5.76 Å². The molecule has 0 aliphatic rings. The Labute approximate surface area is 97.0 Å². The minimum Gasteiger partial charge on any atom is -0.361 e. The van der Waals surface area contributed by atoms with E-state index < -0.39 is 0 Å². The maximum absolute atomic E-state index is 5.67. The number of rotatable bonds is 2. The second-order valence-electron chi connectivity index (χ2n) is 3.59. The number of hydrogen-bond donors (Lipinski definition) is 1. The zero-order valence-corrected chi connectivity index (χ0v) is 9.16. The molecule has 80 valence electrons. The number of H-pyrrole nitrogens is 1. The smallest absolute Gasteiger partial charge is 0.152 e. The maximum Gasteiger partial charge on any atom is 0.152 e. The Morgan fingerprint density at radius 3 is 3.00 bits per heavy atom. The lowest BCUT2D eigenvalue weighted by molar-refractivity contribution is 0.396. The van der Waals surface area contributed by atoms with E-state index in [1.165, 1.54) is 0 Å². The van der Waals surface area contributed by atoms with E-state index in [4.69, 9.17) is 16.1 Å². The number of aromatic nitrogens is 2. The van der Waals surface area contributed by atoms with Crippen LogP contribution in [0.25, 0.3) is 22.2 Å². The molecule has 2 aromatic heterocycles. The summed E-state index contributed by atoms with van der Waals surface area (Å²) < 4.78 is 5.07. The molecular weight excluding hydrogens is 224 g/mol. The summed E-state index contributed by atoms with van der Waals surface area (Å²) in [5.41, 5.74) is 2.97. The molecule has 4 heteroatoms. The molecule has 1 N–H and O–H groups in total. The van der Waals surface area contributed by atoms with E-state index in [1.54, 1.807) is 0 Å². The first-order valence-corrected chi connectivity index (χ1v) is 5.49. The fourth-order valence-corrected chi connectivity index (χ4v) is 1.85. The van der Waals surface area contributed by atoms with Gasteiger partial charge in [-0.3, -0.25) is 0 Å². The predicted octanol–water partition coefficient (Wildman–Crippen LogP) is 3.56. The monoisotopic (exact) mass is 232 g/mol.